The summed E-state index contributed by atoms with van der Waals surface area (Å²) in [6, 6.07) is 6.97. The first kappa shape index (κ1) is 13.3. The van der Waals surface area contributed by atoms with Crippen LogP contribution < -0.4 is 5.32 Å². The second-order valence-corrected chi connectivity index (χ2v) is 4.99. The minimum absolute atomic E-state index is 0.141. The molecule has 1 N–H and O–H groups in total. The summed E-state index contributed by atoms with van der Waals surface area (Å²) in [4.78, 5) is 0. The Kier molecular flexibility index (Phi) is 4.19. The largest absolute Gasteiger partial charge is 0.457 e. The Balaban J connectivity index is 2.23. The van der Waals surface area contributed by atoms with E-state index in [2.05, 4.69) is 21.2 Å². The van der Waals surface area contributed by atoms with E-state index in [0.717, 1.165) is 27.8 Å². The van der Waals surface area contributed by atoms with Gasteiger partial charge in [0.05, 0.1) is 6.26 Å². The van der Waals surface area contributed by atoms with E-state index in [9.17, 15) is 4.39 Å². The topological polar surface area (TPSA) is 25.2 Å². The highest BCUT2D eigenvalue weighted by molar-refractivity contribution is 9.10. The third-order valence-electron chi connectivity index (χ3n) is 3.10. The summed E-state index contributed by atoms with van der Waals surface area (Å²) in [6.07, 6.45) is 2.45. The van der Waals surface area contributed by atoms with Crippen LogP contribution in [0.1, 0.15) is 22.7 Å². The van der Waals surface area contributed by atoms with Crippen LogP contribution >= 0.6 is 15.9 Å². The third-order valence-corrected chi connectivity index (χ3v) is 3.74. The molecule has 1 aromatic carbocycles. The van der Waals surface area contributed by atoms with E-state index >= 15 is 0 Å². The van der Waals surface area contributed by atoms with Crippen LogP contribution in [0.15, 0.2) is 39.6 Å². The van der Waals surface area contributed by atoms with Crippen molar-refractivity contribution in [1.29, 1.82) is 0 Å². The number of furan rings is 1. The van der Waals surface area contributed by atoms with E-state index in [1.165, 1.54) is 6.07 Å². The normalized spacial score (nSPS) is 12.7. The van der Waals surface area contributed by atoms with Crippen LogP contribution in [-0.4, -0.2) is 7.05 Å². The number of likely N-dealkylation sites (N-methyl/N-ethyl adjacent to an activating group) is 1. The molecule has 2 aromatic rings. The van der Waals surface area contributed by atoms with Crippen molar-refractivity contribution in [1.82, 2.24) is 5.32 Å². The summed E-state index contributed by atoms with van der Waals surface area (Å²) >= 11 is 3.38. The summed E-state index contributed by atoms with van der Waals surface area (Å²) in [6.45, 7) is 1.93. The van der Waals surface area contributed by atoms with Crippen LogP contribution in [0.4, 0.5) is 4.39 Å². The van der Waals surface area contributed by atoms with Crippen molar-refractivity contribution >= 4 is 15.9 Å². The van der Waals surface area contributed by atoms with Gasteiger partial charge in [0, 0.05) is 11.6 Å². The van der Waals surface area contributed by atoms with Crippen molar-refractivity contribution in [3.8, 4) is 0 Å². The molecular formula is C14H15BrFNO. The first-order valence-electron chi connectivity index (χ1n) is 5.77. The summed E-state index contributed by atoms with van der Waals surface area (Å²) in [7, 11) is 1.91. The fraction of sp³-hybridized carbons (Fsp3) is 0.286. The number of aryl methyl sites for hydroxylation is 1. The van der Waals surface area contributed by atoms with Crippen molar-refractivity contribution < 1.29 is 8.81 Å². The lowest BCUT2D eigenvalue weighted by atomic mass is 9.98. The molecule has 0 saturated carbocycles. The van der Waals surface area contributed by atoms with Gasteiger partial charge in [0.1, 0.15) is 5.82 Å². The number of hydrogen-bond donors (Lipinski definition) is 1. The van der Waals surface area contributed by atoms with Crippen molar-refractivity contribution in [2.24, 2.45) is 0 Å². The summed E-state index contributed by atoms with van der Waals surface area (Å²) in [5.74, 6) is -0.193. The Labute approximate surface area is 114 Å². The number of rotatable bonds is 4. The SMILES string of the molecule is CNC(Cc1ccc(F)cc1C)c1ccoc1Br. The molecule has 1 unspecified atom stereocenters. The zero-order valence-corrected chi connectivity index (χ0v) is 11.9. The molecule has 4 heteroatoms. The van der Waals surface area contributed by atoms with Crippen molar-refractivity contribution in [2.45, 2.75) is 19.4 Å². The van der Waals surface area contributed by atoms with Crippen LogP contribution in [0, 0.1) is 12.7 Å². The molecule has 0 aliphatic rings. The van der Waals surface area contributed by atoms with Gasteiger partial charge < -0.3 is 9.73 Å². The Morgan fingerprint density at radius 2 is 2.17 bits per heavy atom. The monoisotopic (exact) mass is 311 g/mol. The molecule has 0 saturated heterocycles. The van der Waals surface area contributed by atoms with Gasteiger partial charge in [-0.3, -0.25) is 0 Å². The fourth-order valence-electron chi connectivity index (χ4n) is 2.03. The van der Waals surface area contributed by atoms with Crippen LogP contribution in [0.3, 0.4) is 0 Å². The second kappa shape index (κ2) is 5.67. The number of halogens is 2. The first-order valence-corrected chi connectivity index (χ1v) is 6.56. The standard InChI is InChI=1S/C14H15BrFNO/c1-9-7-11(16)4-3-10(9)8-13(17-2)12-5-6-18-14(12)15/h3-7,13,17H,8H2,1-2H3. The number of benzene rings is 1. The number of nitrogens with one attached hydrogen (secondary N) is 1. The minimum Gasteiger partial charge on any atom is -0.457 e. The molecule has 1 aromatic heterocycles. The lowest BCUT2D eigenvalue weighted by molar-refractivity contribution is 0.517. The van der Waals surface area contributed by atoms with E-state index in [0.29, 0.717) is 0 Å². The van der Waals surface area contributed by atoms with Gasteiger partial charge in [-0.2, -0.15) is 0 Å². The summed E-state index contributed by atoms with van der Waals surface area (Å²) in [5, 5.41) is 3.25. The summed E-state index contributed by atoms with van der Waals surface area (Å²) in [5.41, 5.74) is 3.17. The Morgan fingerprint density at radius 3 is 2.72 bits per heavy atom. The van der Waals surface area contributed by atoms with E-state index in [1.54, 1.807) is 12.3 Å². The minimum atomic E-state index is -0.193. The average molecular weight is 312 g/mol. The van der Waals surface area contributed by atoms with E-state index in [4.69, 9.17) is 4.42 Å². The Morgan fingerprint density at radius 1 is 1.39 bits per heavy atom. The van der Waals surface area contributed by atoms with Gasteiger partial charge in [-0.05, 0) is 65.6 Å². The highest BCUT2D eigenvalue weighted by Crippen LogP contribution is 2.27. The van der Waals surface area contributed by atoms with Crippen LogP contribution in [0.2, 0.25) is 0 Å². The molecule has 1 atom stereocenters. The van der Waals surface area contributed by atoms with Gasteiger partial charge in [0.25, 0.3) is 0 Å². The molecule has 0 spiro atoms. The van der Waals surface area contributed by atoms with Crippen molar-refractivity contribution in [2.75, 3.05) is 7.05 Å². The van der Waals surface area contributed by atoms with Gasteiger partial charge in [0.15, 0.2) is 4.67 Å². The molecule has 0 radical (unpaired) electrons. The quantitative estimate of drug-likeness (QED) is 0.923. The Hall–Kier alpha value is -1.13. The molecule has 0 bridgehead atoms. The zero-order valence-electron chi connectivity index (χ0n) is 10.3. The molecule has 18 heavy (non-hydrogen) atoms. The maximum Gasteiger partial charge on any atom is 0.173 e. The molecule has 2 nitrogen and oxygen atoms in total. The van der Waals surface area contributed by atoms with Crippen molar-refractivity contribution in [3.05, 3.63) is 57.7 Å². The smallest absolute Gasteiger partial charge is 0.173 e. The lowest BCUT2D eigenvalue weighted by Crippen LogP contribution is -2.19. The average Bonchev–Trinajstić information content (AvgIpc) is 2.75. The Bertz CT molecular complexity index is 538. The zero-order chi connectivity index (χ0) is 13.1. The first-order chi connectivity index (χ1) is 8.61. The highest BCUT2D eigenvalue weighted by atomic mass is 79.9. The maximum absolute atomic E-state index is 13.1. The molecular weight excluding hydrogens is 297 g/mol. The van der Waals surface area contributed by atoms with Crippen LogP contribution in [-0.2, 0) is 6.42 Å². The van der Waals surface area contributed by atoms with E-state index < -0.39 is 0 Å². The predicted octanol–water partition coefficient (Wildman–Crippen LogP) is 3.99. The predicted molar refractivity (Wildman–Crippen MR) is 73.0 cm³/mol. The highest BCUT2D eigenvalue weighted by Gasteiger charge is 2.16. The fourth-order valence-corrected chi connectivity index (χ4v) is 2.55. The van der Waals surface area contributed by atoms with Gasteiger partial charge in [-0.15, -0.1) is 0 Å². The van der Waals surface area contributed by atoms with Gasteiger partial charge in [0.2, 0.25) is 0 Å². The molecule has 0 fully saturated rings. The molecule has 0 aliphatic carbocycles. The molecule has 1 heterocycles. The molecule has 0 amide bonds. The summed E-state index contributed by atoms with van der Waals surface area (Å²) < 4.78 is 19.1. The van der Waals surface area contributed by atoms with Crippen LogP contribution in [0.5, 0.6) is 0 Å². The lowest BCUT2D eigenvalue weighted by Gasteiger charge is -2.16. The second-order valence-electron chi connectivity index (χ2n) is 4.27. The maximum atomic E-state index is 13.1. The van der Waals surface area contributed by atoms with Gasteiger partial charge >= 0.3 is 0 Å². The van der Waals surface area contributed by atoms with E-state index in [-0.39, 0.29) is 11.9 Å². The number of hydrogen-bond acceptors (Lipinski definition) is 2. The molecule has 2 rings (SSSR count). The van der Waals surface area contributed by atoms with Crippen molar-refractivity contribution in [3.63, 3.8) is 0 Å². The molecule has 0 aliphatic heterocycles. The van der Waals surface area contributed by atoms with Gasteiger partial charge in [-0.25, -0.2) is 4.39 Å². The van der Waals surface area contributed by atoms with Crippen LogP contribution in [0.25, 0.3) is 0 Å². The van der Waals surface area contributed by atoms with Gasteiger partial charge in [-0.1, -0.05) is 6.07 Å². The third kappa shape index (κ3) is 2.82. The molecule has 96 valence electrons. The van der Waals surface area contributed by atoms with E-state index in [1.807, 2.05) is 26.1 Å².